The molecule has 0 aliphatic rings. The quantitative estimate of drug-likeness (QED) is 0.692. The Bertz CT molecular complexity index is 705. The Morgan fingerprint density at radius 3 is 2.38 bits per heavy atom. The summed E-state index contributed by atoms with van der Waals surface area (Å²) in [5.74, 6) is 0.881. The molecule has 0 saturated carbocycles. The van der Waals surface area contributed by atoms with Crippen LogP contribution in [0.2, 0.25) is 0 Å². The van der Waals surface area contributed by atoms with Gasteiger partial charge in [-0.15, -0.1) is 0 Å². The van der Waals surface area contributed by atoms with E-state index in [0.717, 1.165) is 22.6 Å². The van der Waals surface area contributed by atoms with Crippen molar-refractivity contribution in [3.63, 3.8) is 0 Å². The molecular formula is C19H17NO. The van der Waals surface area contributed by atoms with E-state index < -0.39 is 0 Å². The Balaban J connectivity index is 1.84. The molecule has 0 fully saturated rings. The van der Waals surface area contributed by atoms with Crippen molar-refractivity contribution >= 4 is 0 Å². The SMILES string of the molecule is Cc1ccc(-c2ccccc2OCc2ccccn2)cc1. The molecule has 3 rings (SSSR count). The Morgan fingerprint density at radius 1 is 0.857 bits per heavy atom. The number of ether oxygens (including phenoxy) is 1. The maximum atomic E-state index is 5.95. The predicted octanol–water partition coefficient (Wildman–Crippen LogP) is 4.64. The number of rotatable bonds is 4. The summed E-state index contributed by atoms with van der Waals surface area (Å²) >= 11 is 0. The summed E-state index contributed by atoms with van der Waals surface area (Å²) in [4.78, 5) is 4.28. The van der Waals surface area contributed by atoms with Gasteiger partial charge < -0.3 is 4.74 Å². The van der Waals surface area contributed by atoms with Crippen LogP contribution < -0.4 is 4.74 Å². The standard InChI is InChI=1S/C19H17NO/c1-15-9-11-16(12-10-15)18-7-2-3-8-19(18)21-14-17-6-4-5-13-20-17/h2-13H,14H2,1H3. The molecule has 104 valence electrons. The molecule has 0 aliphatic heterocycles. The number of pyridine rings is 1. The molecule has 2 aromatic carbocycles. The van der Waals surface area contributed by atoms with Gasteiger partial charge in [-0.05, 0) is 30.7 Å². The van der Waals surface area contributed by atoms with Crippen LogP contribution in [0.15, 0.2) is 72.9 Å². The molecule has 1 aromatic heterocycles. The number of hydrogen-bond acceptors (Lipinski definition) is 2. The van der Waals surface area contributed by atoms with Gasteiger partial charge >= 0.3 is 0 Å². The van der Waals surface area contributed by atoms with Crippen molar-refractivity contribution in [3.8, 4) is 16.9 Å². The summed E-state index contributed by atoms with van der Waals surface area (Å²) in [7, 11) is 0. The van der Waals surface area contributed by atoms with E-state index in [1.807, 2.05) is 36.4 Å². The van der Waals surface area contributed by atoms with Gasteiger partial charge in [0.2, 0.25) is 0 Å². The van der Waals surface area contributed by atoms with Gasteiger partial charge in [-0.2, -0.15) is 0 Å². The van der Waals surface area contributed by atoms with Crippen molar-refractivity contribution in [2.75, 3.05) is 0 Å². The molecule has 1 heterocycles. The summed E-state index contributed by atoms with van der Waals surface area (Å²) in [6, 6.07) is 22.4. The van der Waals surface area contributed by atoms with Crippen LogP contribution in [0.5, 0.6) is 5.75 Å². The predicted molar refractivity (Wildman–Crippen MR) is 85.2 cm³/mol. The highest BCUT2D eigenvalue weighted by Crippen LogP contribution is 2.30. The zero-order valence-corrected chi connectivity index (χ0v) is 12.0. The van der Waals surface area contributed by atoms with E-state index in [2.05, 4.69) is 42.2 Å². The third-order valence-electron chi connectivity index (χ3n) is 3.35. The van der Waals surface area contributed by atoms with Crippen LogP contribution in [0, 0.1) is 6.92 Å². The molecule has 0 amide bonds. The Labute approximate surface area is 125 Å². The first-order valence-electron chi connectivity index (χ1n) is 7.02. The van der Waals surface area contributed by atoms with E-state index >= 15 is 0 Å². The summed E-state index contributed by atoms with van der Waals surface area (Å²) < 4.78 is 5.95. The molecule has 0 spiro atoms. The smallest absolute Gasteiger partial charge is 0.130 e. The largest absolute Gasteiger partial charge is 0.487 e. The van der Waals surface area contributed by atoms with Gasteiger partial charge in [0.15, 0.2) is 0 Å². The summed E-state index contributed by atoms with van der Waals surface area (Å²) in [6.45, 7) is 2.57. The average Bonchev–Trinajstić information content (AvgIpc) is 2.55. The lowest BCUT2D eigenvalue weighted by Crippen LogP contribution is -1.98. The minimum Gasteiger partial charge on any atom is -0.487 e. The molecule has 0 N–H and O–H groups in total. The van der Waals surface area contributed by atoms with Crippen LogP contribution in [0.1, 0.15) is 11.3 Å². The minimum absolute atomic E-state index is 0.476. The second-order valence-electron chi connectivity index (χ2n) is 4.97. The second-order valence-corrected chi connectivity index (χ2v) is 4.97. The molecule has 3 aromatic rings. The van der Waals surface area contributed by atoms with Gasteiger partial charge in [-0.1, -0.05) is 54.1 Å². The first-order chi connectivity index (χ1) is 10.3. The van der Waals surface area contributed by atoms with Crippen molar-refractivity contribution < 1.29 is 4.74 Å². The van der Waals surface area contributed by atoms with Crippen LogP contribution in [0.3, 0.4) is 0 Å². The van der Waals surface area contributed by atoms with Gasteiger partial charge in [0.05, 0.1) is 5.69 Å². The number of aryl methyl sites for hydroxylation is 1. The Kier molecular flexibility index (Phi) is 3.97. The summed E-state index contributed by atoms with van der Waals surface area (Å²) in [6.07, 6.45) is 1.78. The molecule has 0 radical (unpaired) electrons. The molecule has 2 heteroatoms. The molecule has 0 unspecified atom stereocenters. The Hall–Kier alpha value is -2.61. The van der Waals surface area contributed by atoms with Crippen molar-refractivity contribution in [2.45, 2.75) is 13.5 Å². The van der Waals surface area contributed by atoms with Gasteiger partial charge in [0, 0.05) is 11.8 Å². The molecular weight excluding hydrogens is 258 g/mol. The highest BCUT2D eigenvalue weighted by molar-refractivity contribution is 5.70. The van der Waals surface area contributed by atoms with E-state index in [1.165, 1.54) is 5.56 Å². The molecule has 0 saturated heterocycles. The first kappa shape index (κ1) is 13.4. The normalized spacial score (nSPS) is 10.3. The van der Waals surface area contributed by atoms with Crippen LogP contribution in [0.25, 0.3) is 11.1 Å². The number of nitrogens with zero attached hydrogens (tertiary/aromatic N) is 1. The van der Waals surface area contributed by atoms with Crippen molar-refractivity contribution in [1.82, 2.24) is 4.98 Å². The van der Waals surface area contributed by atoms with Gasteiger partial charge in [0.25, 0.3) is 0 Å². The van der Waals surface area contributed by atoms with E-state index in [0.29, 0.717) is 6.61 Å². The molecule has 0 aliphatic carbocycles. The fraction of sp³-hybridized carbons (Fsp3) is 0.105. The van der Waals surface area contributed by atoms with Gasteiger partial charge in [-0.25, -0.2) is 0 Å². The lowest BCUT2D eigenvalue weighted by Gasteiger charge is -2.11. The number of para-hydroxylation sites is 1. The number of benzene rings is 2. The third-order valence-corrected chi connectivity index (χ3v) is 3.35. The van der Waals surface area contributed by atoms with E-state index in [9.17, 15) is 0 Å². The Morgan fingerprint density at radius 2 is 1.62 bits per heavy atom. The lowest BCUT2D eigenvalue weighted by molar-refractivity contribution is 0.302. The molecule has 21 heavy (non-hydrogen) atoms. The highest BCUT2D eigenvalue weighted by Gasteiger charge is 2.06. The molecule has 0 bridgehead atoms. The van der Waals surface area contributed by atoms with Crippen LogP contribution in [0.4, 0.5) is 0 Å². The second kappa shape index (κ2) is 6.23. The fourth-order valence-corrected chi connectivity index (χ4v) is 2.20. The maximum absolute atomic E-state index is 5.95. The number of aromatic nitrogens is 1. The third kappa shape index (κ3) is 3.29. The van der Waals surface area contributed by atoms with Crippen molar-refractivity contribution in [2.24, 2.45) is 0 Å². The molecule has 0 atom stereocenters. The van der Waals surface area contributed by atoms with Crippen molar-refractivity contribution in [1.29, 1.82) is 0 Å². The fourth-order valence-electron chi connectivity index (χ4n) is 2.20. The van der Waals surface area contributed by atoms with Gasteiger partial charge in [0.1, 0.15) is 12.4 Å². The average molecular weight is 275 g/mol. The summed E-state index contributed by atoms with van der Waals surface area (Å²) in [5.41, 5.74) is 4.45. The van der Waals surface area contributed by atoms with Gasteiger partial charge in [-0.3, -0.25) is 4.98 Å². The minimum atomic E-state index is 0.476. The monoisotopic (exact) mass is 275 g/mol. The van der Waals surface area contributed by atoms with E-state index in [-0.39, 0.29) is 0 Å². The van der Waals surface area contributed by atoms with Crippen LogP contribution in [-0.2, 0) is 6.61 Å². The van der Waals surface area contributed by atoms with E-state index in [1.54, 1.807) is 6.20 Å². The molecule has 2 nitrogen and oxygen atoms in total. The highest BCUT2D eigenvalue weighted by atomic mass is 16.5. The van der Waals surface area contributed by atoms with E-state index in [4.69, 9.17) is 4.74 Å². The summed E-state index contributed by atoms with van der Waals surface area (Å²) in [5, 5.41) is 0. The van der Waals surface area contributed by atoms with Crippen LogP contribution >= 0.6 is 0 Å². The van der Waals surface area contributed by atoms with Crippen molar-refractivity contribution in [3.05, 3.63) is 84.2 Å². The zero-order chi connectivity index (χ0) is 14.5. The van der Waals surface area contributed by atoms with Crippen LogP contribution in [-0.4, -0.2) is 4.98 Å². The zero-order valence-electron chi connectivity index (χ0n) is 12.0. The topological polar surface area (TPSA) is 22.1 Å². The lowest BCUT2D eigenvalue weighted by atomic mass is 10.0. The number of hydrogen-bond donors (Lipinski definition) is 0. The maximum Gasteiger partial charge on any atom is 0.130 e. The first-order valence-corrected chi connectivity index (χ1v) is 7.02.